The fourth-order valence-corrected chi connectivity index (χ4v) is 1.88. The minimum Gasteiger partial charge on any atom is -0.456 e. The highest BCUT2D eigenvalue weighted by atomic mass is 19.4. The predicted octanol–water partition coefficient (Wildman–Crippen LogP) is 4.12. The molecule has 1 aromatic rings. The summed E-state index contributed by atoms with van der Waals surface area (Å²) in [5.74, 6) is -1.74. The molecule has 3 nitrogen and oxygen atoms in total. The van der Waals surface area contributed by atoms with Crippen LogP contribution in [0.5, 0.6) is 0 Å². The quantitative estimate of drug-likeness (QED) is 0.597. The van der Waals surface area contributed by atoms with Crippen LogP contribution in [-0.4, -0.2) is 37.5 Å². The standard InChI is InChI=1S/C15H18F5NO2/c1-14(2,3)23-13(22)11-5-4-10(17)8-12(11)21(7-6-16)9-15(18,19)20/h4-5,8H,6-7,9H2,1-3H3. The Bertz CT molecular complexity index is 552. The molecule has 0 bridgehead atoms. The van der Waals surface area contributed by atoms with Crippen molar-refractivity contribution in [3.05, 3.63) is 29.6 Å². The van der Waals surface area contributed by atoms with Crippen LogP contribution < -0.4 is 4.90 Å². The summed E-state index contributed by atoms with van der Waals surface area (Å²) in [4.78, 5) is 12.7. The van der Waals surface area contributed by atoms with Crippen LogP contribution in [0.15, 0.2) is 18.2 Å². The van der Waals surface area contributed by atoms with Gasteiger partial charge in [0.2, 0.25) is 0 Å². The van der Waals surface area contributed by atoms with Crippen molar-refractivity contribution < 1.29 is 31.5 Å². The zero-order valence-electron chi connectivity index (χ0n) is 13.0. The molecule has 1 aromatic carbocycles. The first-order valence-electron chi connectivity index (χ1n) is 6.83. The van der Waals surface area contributed by atoms with Crippen molar-refractivity contribution in [2.24, 2.45) is 0 Å². The Morgan fingerprint density at radius 2 is 1.83 bits per heavy atom. The van der Waals surface area contributed by atoms with E-state index in [1.807, 2.05) is 0 Å². The number of anilines is 1. The molecular formula is C15H18F5NO2. The maximum absolute atomic E-state index is 13.4. The molecule has 0 aliphatic heterocycles. The van der Waals surface area contributed by atoms with Gasteiger partial charge in [-0.3, -0.25) is 0 Å². The smallest absolute Gasteiger partial charge is 0.405 e. The number of esters is 1. The average molecular weight is 339 g/mol. The molecule has 0 saturated carbocycles. The number of halogens is 5. The Balaban J connectivity index is 3.25. The van der Waals surface area contributed by atoms with E-state index < -0.39 is 43.3 Å². The summed E-state index contributed by atoms with van der Waals surface area (Å²) in [5.41, 5.74) is -1.48. The molecule has 0 unspecified atom stereocenters. The van der Waals surface area contributed by atoms with Crippen LogP contribution in [0.1, 0.15) is 31.1 Å². The van der Waals surface area contributed by atoms with Crippen molar-refractivity contribution >= 4 is 11.7 Å². The van der Waals surface area contributed by atoms with Gasteiger partial charge in [0.15, 0.2) is 0 Å². The molecule has 23 heavy (non-hydrogen) atoms. The summed E-state index contributed by atoms with van der Waals surface area (Å²) in [6.07, 6.45) is -4.63. The maximum Gasteiger partial charge on any atom is 0.405 e. The van der Waals surface area contributed by atoms with Crippen LogP contribution in [0.4, 0.5) is 27.6 Å². The van der Waals surface area contributed by atoms with Gasteiger partial charge in [-0.25, -0.2) is 13.6 Å². The molecular weight excluding hydrogens is 321 g/mol. The SMILES string of the molecule is CC(C)(C)OC(=O)c1ccc(F)cc1N(CCF)CC(F)(F)F. The largest absolute Gasteiger partial charge is 0.456 e. The lowest BCUT2D eigenvalue weighted by Gasteiger charge is -2.27. The Kier molecular flexibility index (Phi) is 5.96. The second-order valence-electron chi connectivity index (χ2n) is 5.89. The number of carbonyl (C=O) groups excluding carboxylic acids is 1. The Morgan fingerprint density at radius 1 is 1.22 bits per heavy atom. The molecule has 0 aliphatic rings. The first-order valence-corrected chi connectivity index (χ1v) is 6.83. The van der Waals surface area contributed by atoms with Crippen molar-refractivity contribution in [2.45, 2.75) is 32.5 Å². The molecule has 0 amide bonds. The normalized spacial score (nSPS) is 12.2. The number of nitrogens with zero attached hydrogens (tertiary/aromatic N) is 1. The minimum atomic E-state index is -4.63. The number of alkyl halides is 4. The van der Waals surface area contributed by atoms with Gasteiger partial charge in [-0.05, 0) is 39.0 Å². The second-order valence-corrected chi connectivity index (χ2v) is 5.89. The van der Waals surface area contributed by atoms with Crippen LogP contribution in [0.2, 0.25) is 0 Å². The number of hydrogen-bond donors (Lipinski definition) is 0. The van der Waals surface area contributed by atoms with Crippen LogP contribution in [-0.2, 0) is 4.74 Å². The van der Waals surface area contributed by atoms with E-state index in [0.717, 1.165) is 18.2 Å². The van der Waals surface area contributed by atoms with E-state index >= 15 is 0 Å². The zero-order valence-corrected chi connectivity index (χ0v) is 13.0. The van der Waals surface area contributed by atoms with Crippen molar-refractivity contribution in [1.82, 2.24) is 0 Å². The third kappa shape index (κ3) is 6.42. The van der Waals surface area contributed by atoms with Gasteiger partial charge in [0.1, 0.15) is 24.6 Å². The summed E-state index contributed by atoms with van der Waals surface area (Å²) in [7, 11) is 0. The first-order chi connectivity index (χ1) is 10.4. The third-order valence-electron chi connectivity index (χ3n) is 2.64. The number of rotatable bonds is 5. The Labute approximate surface area is 131 Å². The Hall–Kier alpha value is -1.86. The van der Waals surface area contributed by atoms with E-state index in [1.165, 1.54) is 0 Å². The maximum atomic E-state index is 13.4. The van der Waals surface area contributed by atoms with Crippen LogP contribution in [0, 0.1) is 5.82 Å². The van der Waals surface area contributed by atoms with E-state index in [4.69, 9.17) is 4.74 Å². The van der Waals surface area contributed by atoms with Crippen molar-refractivity contribution in [1.29, 1.82) is 0 Å². The van der Waals surface area contributed by atoms with Gasteiger partial charge < -0.3 is 9.64 Å². The lowest BCUT2D eigenvalue weighted by molar-refractivity contribution is -0.119. The lowest BCUT2D eigenvalue weighted by atomic mass is 10.1. The molecule has 0 radical (unpaired) electrons. The van der Waals surface area contributed by atoms with E-state index in [0.29, 0.717) is 4.90 Å². The molecule has 0 fully saturated rings. The highest BCUT2D eigenvalue weighted by Gasteiger charge is 2.33. The van der Waals surface area contributed by atoms with Gasteiger partial charge in [0, 0.05) is 6.54 Å². The van der Waals surface area contributed by atoms with Crippen molar-refractivity contribution in [3.63, 3.8) is 0 Å². The van der Waals surface area contributed by atoms with E-state index in [1.54, 1.807) is 20.8 Å². The van der Waals surface area contributed by atoms with E-state index in [9.17, 15) is 26.7 Å². The summed E-state index contributed by atoms with van der Waals surface area (Å²) in [5, 5.41) is 0. The zero-order chi connectivity index (χ0) is 17.8. The topological polar surface area (TPSA) is 29.5 Å². The molecule has 0 spiro atoms. The van der Waals surface area contributed by atoms with Gasteiger partial charge in [-0.2, -0.15) is 13.2 Å². The second kappa shape index (κ2) is 7.14. The van der Waals surface area contributed by atoms with Gasteiger partial charge in [0.25, 0.3) is 0 Å². The highest BCUT2D eigenvalue weighted by molar-refractivity contribution is 5.96. The number of carbonyl (C=O) groups is 1. The van der Waals surface area contributed by atoms with Crippen LogP contribution in [0.25, 0.3) is 0 Å². The van der Waals surface area contributed by atoms with Gasteiger partial charge in [-0.1, -0.05) is 0 Å². The molecule has 0 aromatic heterocycles. The van der Waals surface area contributed by atoms with Gasteiger partial charge in [0.05, 0.1) is 11.3 Å². The average Bonchev–Trinajstić information content (AvgIpc) is 2.34. The van der Waals surface area contributed by atoms with E-state index in [-0.39, 0.29) is 11.3 Å². The molecule has 0 atom stereocenters. The first kappa shape index (κ1) is 19.2. The molecule has 8 heteroatoms. The number of hydrogen-bond acceptors (Lipinski definition) is 3. The van der Waals surface area contributed by atoms with Crippen molar-refractivity contribution in [2.75, 3.05) is 24.7 Å². The fraction of sp³-hybridized carbons (Fsp3) is 0.533. The summed E-state index contributed by atoms with van der Waals surface area (Å²) >= 11 is 0. The molecule has 0 N–H and O–H groups in total. The summed E-state index contributed by atoms with van der Waals surface area (Å²) in [6.45, 7) is 1.55. The molecule has 0 saturated heterocycles. The molecule has 0 aliphatic carbocycles. The summed E-state index contributed by atoms with van der Waals surface area (Å²) < 4.78 is 69.1. The highest BCUT2D eigenvalue weighted by Crippen LogP contribution is 2.28. The fourth-order valence-electron chi connectivity index (χ4n) is 1.88. The predicted molar refractivity (Wildman–Crippen MR) is 75.8 cm³/mol. The Morgan fingerprint density at radius 3 is 2.30 bits per heavy atom. The number of benzene rings is 1. The van der Waals surface area contributed by atoms with Gasteiger partial charge in [-0.15, -0.1) is 0 Å². The lowest BCUT2D eigenvalue weighted by Crippen LogP contribution is -2.37. The van der Waals surface area contributed by atoms with Crippen LogP contribution >= 0.6 is 0 Å². The van der Waals surface area contributed by atoms with E-state index in [2.05, 4.69) is 0 Å². The van der Waals surface area contributed by atoms with Gasteiger partial charge >= 0.3 is 12.1 Å². The number of ether oxygens (including phenoxy) is 1. The third-order valence-corrected chi connectivity index (χ3v) is 2.64. The van der Waals surface area contributed by atoms with Crippen LogP contribution in [0.3, 0.4) is 0 Å². The molecule has 1 rings (SSSR count). The molecule has 0 heterocycles. The monoisotopic (exact) mass is 339 g/mol. The molecule has 130 valence electrons. The van der Waals surface area contributed by atoms with Crippen molar-refractivity contribution in [3.8, 4) is 0 Å². The minimum absolute atomic E-state index is 0.251. The summed E-state index contributed by atoms with van der Waals surface area (Å²) in [6, 6.07) is 2.73.